The fourth-order valence-corrected chi connectivity index (χ4v) is 2.38. The molecule has 1 aromatic rings. The molecule has 0 spiro atoms. The fourth-order valence-electron chi connectivity index (χ4n) is 1.49. The van der Waals surface area contributed by atoms with Gasteiger partial charge in [0.25, 0.3) is 0 Å². The van der Waals surface area contributed by atoms with Crippen molar-refractivity contribution in [3.05, 3.63) is 18.2 Å². The van der Waals surface area contributed by atoms with E-state index in [0.29, 0.717) is 24.7 Å². The van der Waals surface area contributed by atoms with Crippen LogP contribution in [0.2, 0.25) is 0 Å². The van der Waals surface area contributed by atoms with Gasteiger partial charge in [-0.1, -0.05) is 0 Å². The molecule has 0 saturated heterocycles. The van der Waals surface area contributed by atoms with Crippen molar-refractivity contribution >= 4 is 17.7 Å². The van der Waals surface area contributed by atoms with Crippen molar-refractivity contribution in [2.24, 2.45) is 5.73 Å². The molecule has 5 nitrogen and oxygen atoms in total. The van der Waals surface area contributed by atoms with Gasteiger partial charge < -0.3 is 20.3 Å². The first-order valence-electron chi connectivity index (χ1n) is 5.19. The van der Waals surface area contributed by atoms with E-state index >= 15 is 0 Å². The van der Waals surface area contributed by atoms with Gasteiger partial charge in [0, 0.05) is 4.90 Å². The van der Waals surface area contributed by atoms with Gasteiger partial charge in [0.05, 0.1) is 11.8 Å². The van der Waals surface area contributed by atoms with Gasteiger partial charge in [-0.15, -0.1) is 11.8 Å². The second-order valence-electron chi connectivity index (χ2n) is 3.56. The number of carboxylic acids is 1. The van der Waals surface area contributed by atoms with Crippen LogP contribution in [0.3, 0.4) is 0 Å². The number of thioether (sulfide) groups is 1. The molecule has 1 atom stereocenters. The first-order valence-corrected chi connectivity index (χ1v) is 6.07. The number of hydrogen-bond donors (Lipinski definition) is 2. The summed E-state index contributed by atoms with van der Waals surface area (Å²) in [5, 5.41) is 8.15. The minimum atomic E-state index is -0.900. The zero-order valence-electron chi connectivity index (χ0n) is 9.09. The fraction of sp³-hybridized carbons (Fsp3) is 0.364. The summed E-state index contributed by atoms with van der Waals surface area (Å²) in [5.74, 6) is 0.499. The highest BCUT2D eigenvalue weighted by Crippen LogP contribution is 2.35. The number of carbonyl (C=O) groups is 1. The maximum Gasteiger partial charge on any atom is 0.305 e. The van der Waals surface area contributed by atoms with Crippen LogP contribution >= 0.6 is 11.8 Å². The number of fused-ring (bicyclic) bond motifs is 1. The molecule has 0 radical (unpaired) electrons. The molecule has 0 bridgehead atoms. The molecular weight excluding hydrogens is 242 g/mol. The van der Waals surface area contributed by atoms with Crippen molar-refractivity contribution < 1.29 is 19.4 Å². The highest BCUT2D eigenvalue weighted by molar-refractivity contribution is 7.99. The minimum absolute atomic E-state index is 0.0703. The Morgan fingerprint density at radius 2 is 2.12 bits per heavy atom. The predicted molar refractivity (Wildman–Crippen MR) is 63.5 cm³/mol. The molecule has 2 rings (SSSR count). The van der Waals surface area contributed by atoms with Gasteiger partial charge in [-0.3, -0.25) is 4.79 Å². The van der Waals surface area contributed by atoms with Gasteiger partial charge in [-0.05, 0) is 18.2 Å². The second kappa shape index (κ2) is 5.29. The van der Waals surface area contributed by atoms with E-state index < -0.39 is 11.3 Å². The SMILES string of the molecule is NC(CC(=O)O)Sc1ccc2c(c1)OCCO2. The normalized spacial score (nSPS) is 15.4. The lowest BCUT2D eigenvalue weighted by molar-refractivity contribution is -0.136. The summed E-state index contributed by atoms with van der Waals surface area (Å²) in [6, 6.07) is 5.48. The highest BCUT2D eigenvalue weighted by atomic mass is 32.2. The molecule has 3 N–H and O–H groups in total. The van der Waals surface area contributed by atoms with Crippen LogP contribution in [0.1, 0.15) is 6.42 Å². The van der Waals surface area contributed by atoms with Crippen LogP contribution < -0.4 is 15.2 Å². The Hall–Kier alpha value is -1.40. The number of nitrogens with two attached hydrogens (primary N) is 1. The number of aliphatic carboxylic acids is 1. The molecule has 0 aliphatic carbocycles. The molecule has 1 aliphatic rings. The molecular formula is C11H13NO4S. The standard InChI is InChI=1S/C11H13NO4S/c12-10(6-11(13)14)17-7-1-2-8-9(5-7)16-4-3-15-8/h1-2,5,10H,3-4,6,12H2,(H,13,14). The Bertz CT molecular complexity index is 424. The zero-order chi connectivity index (χ0) is 12.3. The van der Waals surface area contributed by atoms with Crippen LogP contribution in [0.15, 0.2) is 23.1 Å². The molecule has 17 heavy (non-hydrogen) atoms. The van der Waals surface area contributed by atoms with Crippen molar-refractivity contribution in [2.45, 2.75) is 16.7 Å². The third-order valence-corrected chi connectivity index (χ3v) is 3.17. The molecule has 92 valence electrons. The van der Waals surface area contributed by atoms with Crippen molar-refractivity contribution in [3.63, 3.8) is 0 Å². The lowest BCUT2D eigenvalue weighted by Crippen LogP contribution is -2.19. The molecule has 1 heterocycles. The van der Waals surface area contributed by atoms with Crippen molar-refractivity contribution in [3.8, 4) is 11.5 Å². The molecule has 0 amide bonds. The quantitative estimate of drug-likeness (QED) is 0.623. The van der Waals surface area contributed by atoms with Gasteiger partial charge in [0.1, 0.15) is 13.2 Å². The summed E-state index contributed by atoms with van der Waals surface area (Å²) in [5.41, 5.74) is 5.69. The molecule has 6 heteroatoms. The number of hydrogen-bond acceptors (Lipinski definition) is 5. The lowest BCUT2D eigenvalue weighted by Gasteiger charge is -2.19. The van der Waals surface area contributed by atoms with E-state index in [-0.39, 0.29) is 6.42 Å². The Morgan fingerprint density at radius 1 is 1.41 bits per heavy atom. The first-order chi connectivity index (χ1) is 8.15. The van der Waals surface area contributed by atoms with Crippen molar-refractivity contribution in [2.75, 3.05) is 13.2 Å². The van der Waals surface area contributed by atoms with E-state index in [0.717, 1.165) is 4.90 Å². The second-order valence-corrected chi connectivity index (χ2v) is 4.87. The van der Waals surface area contributed by atoms with Gasteiger partial charge >= 0.3 is 5.97 Å². The first kappa shape index (κ1) is 12.1. The molecule has 0 saturated carbocycles. The van der Waals surface area contributed by atoms with Gasteiger partial charge in [0.15, 0.2) is 11.5 Å². The smallest absolute Gasteiger partial charge is 0.305 e. The number of ether oxygens (including phenoxy) is 2. The molecule has 1 unspecified atom stereocenters. The van der Waals surface area contributed by atoms with Crippen LogP contribution in [-0.4, -0.2) is 29.7 Å². The Morgan fingerprint density at radius 3 is 2.82 bits per heavy atom. The van der Waals surface area contributed by atoms with E-state index in [1.165, 1.54) is 11.8 Å². The predicted octanol–water partition coefficient (Wildman–Crippen LogP) is 1.31. The van der Waals surface area contributed by atoms with Crippen molar-refractivity contribution in [1.82, 2.24) is 0 Å². The zero-order valence-corrected chi connectivity index (χ0v) is 9.90. The average Bonchev–Trinajstić information content (AvgIpc) is 2.27. The Labute approximate surface area is 103 Å². The van der Waals surface area contributed by atoms with E-state index in [2.05, 4.69) is 0 Å². The summed E-state index contributed by atoms with van der Waals surface area (Å²) in [6.45, 7) is 1.08. The Balaban J connectivity index is 2.04. The van der Waals surface area contributed by atoms with Gasteiger partial charge in [-0.25, -0.2) is 0 Å². The minimum Gasteiger partial charge on any atom is -0.486 e. The van der Waals surface area contributed by atoms with Crippen LogP contribution in [-0.2, 0) is 4.79 Å². The highest BCUT2D eigenvalue weighted by Gasteiger charge is 2.14. The van der Waals surface area contributed by atoms with Crippen LogP contribution in [0, 0.1) is 0 Å². The third-order valence-electron chi connectivity index (χ3n) is 2.18. The van der Waals surface area contributed by atoms with Gasteiger partial charge in [-0.2, -0.15) is 0 Å². The molecule has 0 fully saturated rings. The van der Waals surface area contributed by atoms with E-state index in [1.54, 1.807) is 0 Å². The monoisotopic (exact) mass is 255 g/mol. The third kappa shape index (κ3) is 3.28. The average molecular weight is 255 g/mol. The topological polar surface area (TPSA) is 81.8 Å². The Kier molecular flexibility index (Phi) is 3.75. The van der Waals surface area contributed by atoms with Crippen LogP contribution in [0.5, 0.6) is 11.5 Å². The number of carboxylic acid groups (broad SMARTS) is 1. The lowest BCUT2D eigenvalue weighted by atomic mass is 10.3. The number of rotatable bonds is 4. The van der Waals surface area contributed by atoms with Crippen LogP contribution in [0.4, 0.5) is 0 Å². The summed E-state index contributed by atoms with van der Waals surface area (Å²) < 4.78 is 10.8. The maximum absolute atomic E-state index is 10.5. The molecule has 1 aliphatic heterocycles. The summed E-state index contributed by atoms with van der Waals surface area (Å²) in [7, 11) is 0. The summed E-state index contributed by atoms with van der Waals surface area (Å²) in [4.78, 5) is 11.4. The molecule has 1 aromatic carbocycles. The summed E-state index contributed by atoms with van der Waals surface area (Å²) >= 11 is 1.31. The molecule has 0 aromatic heterocycles. The van der Waals surface area contributed by atoms with Crippen molar-refractivity contribution in [1.29, 1.82) is 0 Å². The van der Waals surface area contributed by atoms with E-state index in [4.69, 9.17) is 20.3 Å². The van der Waals surface area contributed by atoms with Gasteiger partial charge in [0.2, 0.25) is 0 Å². The number of benzene rings is 1. The maximum atomic E-state index is 10.5. The van der Waals surface area contributed by atoms with Crippen LogP contribution in [0.25, 0.3) is 0 Å². The summed E-state index contributed by atoms with van der Waals surface area (Å²) in [6.07, 6.45) is -0.0703. The largest absolute Gasteiger partial charge is 0.486 e. The van der Waals surface area contributed by atoms with E-state index in [9.17, 15) is 4.79 Å². The van der Waals surface area contributed by atoms with E-state index in [1.807, 2.05) is 18.2 Å².